The van der Waals surface area contributed by atoms with E-state index < -0.39 is 10.0 Å². The Labute approximate surface area is 176 Å². The van der Waals surface area contributed by atoms with Gasteiger partial charge in [0, 0.05) is 32.7 Å². The van der Waals surface area contributed by atoms with Crippen molar-refractivity contribution in [2.75, 3.05) is 45.0 Å². The van der Waals surface area contributed by atoms with Crippen LogP contribution in [0.25, 0.3) is 0 Å². The van der Waals surface area contributed by atoms with E-state index >= 15 is 0 Å². The molecule has 0 bridgehead atoms. The molecule has 0 aromatic heterocycles. The van der Waals surface area contributed by atoms with E-state index in [1.807, 2.05) is 20.8 Å². The molecule has 0 aromatic rings. The molecule has 2 heterocycles. The zero-order valence-corrected chi connectivity index (χ0v) is 19.6. The Bertz CT molecular complexity index is 548. The third-order valence-corrected chi connectivity index (χ3v) is 6.47. The molecule has 9 heteroatoms. The van der Waals surface area contributed by atoms with Gasteiger partial charge < -0.3 is 15.0 Å². The lowest BCUT2D eigenvalue weighted by Crippen LogP contribution is -2.49. The molecule has 3 atom stereocenters. The molecule has 0 radical (unpaired) electrons. The standard InChI is InChI=1S/C17H34N4O3S.HI/c1-5-18-17(20-9-6-7-14(2)11-20)19-8-10-25(22,23)21-12-15(3)24-16(4)13-21;/h14-16H,5-13H2,1-4H3,(H,18,19);1H. The van der Waals surface area contributed by atoms with Crippen molar-refractivity contribution in [3.63, 3.8) is 0 Å². The van der Waals surface area contributed by atoms with E-state index in [9.17, 15) is 8.42 Å². The number of piperidine rings is 1. The molecule has 0 spiro atoms. The number of aliphatic imine (C=N–C) groups is 1. The minimum atomic E-state index is -3.30. The Kier molecular flexibility index (Phi) is 10.1. The number of hydrogen-bond donors (Lipinski definition) is 1. The van der Waals surface area contributed by atoms with Crippen molar-refractivity contribution in [1.82, 2.24) is 14.5 Å². The Hall–Kier alpha value is -0.130. The Morgan fingerprint density at radius 1 is 1.19 bits per heavy atom. The van der Waals surface area contributed by atoms with E-state index in [4.69, 9.17) is 4.74 Å². The van der Waals surface area contributed by atoms with E-state index in [-0.39, 0.29) is 48.5 Å². The first-order chi connectivity index (χ1) is 11.8. The van der Waals surface area contributed by atoms with Gasteiger partial charge in [0.25, 0.3) is 0 Å². The summed E-state index contributed by atoms with van der Waals surface area (Å²) in [5.74, 6) is 1.54. The first-order valence-electron chi connectivity index (χ1n) is 9.48. The fraction of sp³-hybridized carbons (Fsp3) is 0.941. The summed E-state index contributed by atoms with van der Waals surface area (Å²) in [4.78, 5) is 6.84. The van der Waals surface area contributed by atoms with Crippen LogP contribution >= 0.6 is 24.0 Å². The van der Waals surface area contributed by atoms with E-state index in [1.165, 1.54) is 6.42 Å². The van der Waals surface area contributed by atoms with Crippen LogP contribution in [0.2, 0.25) is 0 Å². The number of sulfonamides is 1. The molecular formula is C17H35IN4O3S. The van der Waals surface area contributed by atoms with Gasteiger partial charge >= 0.3 is 0 Å². The second-order valence-electron chi connectivity index (χ2n) is 7.32. The van der Waals surface area contributed by atoms with E-state index in [0.29, 0.717) is 19.0 Å². The van der Waals surface area contributed by atoms with Crippen LogP contribution in [0.5, 0.6) is 0 Å². The van der Waals surface area contributed by atoms with Crippen LogP contribution < -0.4 is 5.32 Å². The second-order valence-corrected chi connectivity index (χ2v) is 9.41. The van der Waals surface area contributed by atoms with Crippen LogP contribution in [0, 0.1) is 5.92 Å². The first-order valence-corrected chi connectivity index (χ1v) is 11.1. The summed E-state index contributed by atoms with van der Waals surface area (Å²) in [6.45, 7) is 12.0. The van der Waals surface area contributed by atoms with Crippen LogP contribution in [0.4, 0.5) is 0 Å². The largest absolute Gasteiger partial charge is 0.373 e. The molecule has 1 N–H and O–H groups in total. The van der Waals surface area contributed by atoms with Gasteiger partial charge in [0.1, 0.15) is 0 Å². The van der Waals surface area contributed by atoms with Gasteiger partial charge in [0.05, 0.1) is 24.5 Å². The van der Waals surface area contributed by atoms with Crippen molar-refractivity contribution in [3.05, 3.63) is 0 Å². The molecule has 2 rings (SSSR count). The molecule has 0 saturated carbocycles. The summed E-state index contributed by atoms with van der Waals surface area (Å²) < 4.78 is 32.4. The van der Waals surface area contributed by atoms with Gasteiger partial charge in [-0.2, -0.15) is 4.31 Å². The quantitative estimate of drug-likeness (QED) is 0.352. The monoisotopic (exact) mass is 502 g/mol. The molecule has 0 aliphatic carbocycles. The molecule has 0 amide bonds. The van der Waals surface area contributed by atoms with Crippen LogP contribution in [0.15, 0.2) is 4.99 Å². The summed E-state index contributed by atoms with van der Waals surface area (Å²) in [7, 11) is -3.30. The summed E-state index contributed by atoms with van der Waals surface area (Å²) >= 11 is 0. The molecule has 26 heavy (non-hydrogen) atoms. The van der Waals surface area contributed by atoms with Gasteiger partial charge in [-0.3, -0.25) is 4.99 Å². The third-order valence-electron chi connectivity index (χ3n) is 4.68. The van der Waals surface area contributed by atoms with Crippen molar-refractivity contribution in [2.24, 2.45) is 10.9 Å². The van der Waals surface area contributed by atoms with Crippen molar-refractivity contribution in [1.29, 1.82) is 0 Å². The van der Waals surface area contributed by atoms with Crippen LogP contribution in [-0.2, 0) is 14.8 Å². The number of halogens is 1. The normalized spacial score (nSPS) is 28.5. The smallest absolute Gasteiger partial charge is 0.216 e. The molecule has 2 fully saturated rings. The molecule has 154 valence electrons. The summed E-state index contributed by atoms with van der Waals surface area (Å²) in [5, 5.41) is 3.30. The third kappa shape index (κ3) is 7.12. The van der Waals surface area contributed by atoms with Crippen molar-refractivity contribution < 1.29 is 13.2 Å². The predicted molar refractivity (Wildman–Crippen MR) is 117 cm³/mol. The minimum absolute atomic E-state index is 0. The average molecular weight is 502 g/mol. The SMILES string of the molecule is CCNC(=NCCS(=O)(=O)N1CC(C)OC(C)C1)N1CCCC(C)C1.I. The number of rotatable bonds is 5. The van der Waals surface area contributed by atoms with Gasteiger partial charge in [-0.15, -0.1) is 24.0 Å². The van der Waals surface area contributed by atoms with E-state index in [0.717, 1.165) is 32.0 Å². The molecule has 7 nitrogen and oxygen atoms in total. The zero-order valence-electron chi connectivity index (χ0n) is 16.5. The molecule has 2 aliphatic heterocycles. The molecule has 0 aromatic carbocycles. The number of ether oxygens (including phenoxy) is 1. The summed E-state index contributed by atoms with van der Waals surface area (Å²) in [6.07, 6.45) is 2.29. The van der Waals surface area contributed by atoms with Gasteiger partial charge in [-0.1, -0.05) is 6.92 Å². The van der Waals surface area contributed by atoms with E-state index in [2.05, 4.69) is 22.1 Å². The predicted octanol–water partition coefficient (Wildman–Crippen LogP) is 1.74. The first kappa shape index (κ1) is 23.9. The summed E-state index contributed by atoms with van der Waals surface area (Å²) in [5.41, 5.74) is 0. The van der Waals surface area contributed by atoms with Crippen LogP contribution in [0.3, 0.4) is 0 Å². The van der Waals surface area contributed by atoms with Crippen molar-refractivity contribution in [2.45, 2.75) is 52.7 Å². The highest BCUT2D eigenvalue weighted by molar-refractivity contribution is 14.0. The molecular weight excluding hydrogens is 467 g/mol. The highest BCUT2D eigenvalue weighted by Crippen LogP contribution is 2.16. The lowest BCUT2D eigenvalue weighted by molar-refractivity contribution is -0.0440. The van der Waals surface area contributed by atoms with Crippen molar-refractivity contribution >= 4 is 40.0 Å². The maximum absolute atomic E-state index is 12.6. The lowest BCUT2D eigenvalue weighted by Gasteiger charge is -2.34. The maximum atomic E-state index is 12.6. The van der Waals surface area contributed by atoms with Gasteiger partial charge in [-0.05, 0) is 39.5 Å². The average Bonchev–Trinajstić information content (AvgIpc) is 2.53. The lowest BCUT2D eigenvalue weighted by atomic mass is 10.0. The number of nitrogens with zero attached hydrogens (tertiary/aromatic N) is 3. The van der Waals surface area contributed by atoms with Gasteiger partial charge in [0.15, 0.2) is 5.96 Å². The summed E-state index contributed by atoms with van der Waals surface area (Å²) in [6, 6.07) is 0. The number of likely N-dealkylation sites (tertiary alicyclic amines) is 1. The number of nitrogens with one attached hydrogen (secondary N) is 1. The van der Waals surface area contributed by atoms with Crippen LogP contribution in [-0.4, -0.2) is 80.8 Å². The van der Waals surface area contributed by atoms with Crippen molar-refractivity contribution in [3.8, 4) is 0 Å². The van der Waals surface area contributed by atoms with Gasteiger partial charge in [0.2, 0.25) is 10.0 Å². The van der Waals surface area contributed by atoms with E-state index in [1.54, 1.807) is 4.31 Å². The maximum Gasteiger partial charge on any atom is 0.216 e. The number of morpholine rings is 1. The minimum Gasteiger partial charge on any atom is -0.373 e. The Balaban J connectivity index is 0.00000338. The number of hydrogen-bond acceptors (Lipinski definition) is 4. The molecule has 2 saturated heterocycles. The topological polar surface area (TPSA) is 74.2 Å². The fourth-order valence-corrected chi connectivity index (χ4v) is 5.02. The molecule has 3 unspecified atom stereocenters. The number of guanidine groups is 1. The highest BCUT2D eigenvalue weighted by atomic mass is 127. The fourth-order valence-electron chi connectivity index (χ4n) is 3.56. The highest BCUT2D eigenvalue weighted by Gasteiger charge is 2.30. The Morgan fingerprint density at radius 2 is 1.85 bits per heavy atom. The van der Waals surface area contributed by atoms with Crippen LogP contribution in [0.1, 0.15) is 40.5 Å². The zero-order chi connectivity index (χ0) is 18.4. The molecule has 2 aliphatic rings. The Morgan fingerprint density at radius 3 is 2.42 bits per heavy atom. The second kappa shape index (κ2) is 11.0. The van der Waals surface area contributed by atoms with Gasteiger partial charge in [-0.25, -0.2) is 8.42 Å².